The number of hydrogen-bond acceptors (Lipinski definition) is 7. The van der Waals surface area contributed by atoms with Crippen LogP contribution in [-0.4, -0.2) is 64.6 Å². The van der Waals surface area contributed by atoms with Crippen molar-refractivity contribution in [2.24, 2.45) is 0 Å². The van der Waals surface area contributed by atoms with Crippen LogP contribution in [-0.2, 0) is 26.2 Å². The van der Waals surface area contributed by atoms with Crippen molar-refractivity contribution in [3.05, 3.63) is 78.4 Å². The van der Waals surface area contributed by atoms with E-state index in [1.54, 1.807) is 61.7 Å². The number of benzene rings is 3. The van der Waals surface area contributed by atoms with Gasteiger partial charge in [0.05, 0.1) is 17.7 Å². The summed E-state index contributed by atoms with van der Waals surface area (Å²) in [6.45, 7) is 4.58. The molecule has 0 saturated carbocycles. The van der Waals surface area contributed by atoms with Gasteiger partial charge >= 0.3 is 0 Å². The van der Waals surface area contributed by atoms with Crippen molar-refractivity contribution in [1.82, 2.24) is 10.2 Å². The molecule has 0 aliphatic carbocycles. The Morgan fingerprint density at radius 3 is 2.40 bits per heavy atom. The van der Waals surface area contributed by atoms with Crippen molar-refractivity contribution in [2.75, 3.05) is 37.7 Å². The van der Waals surface area contributed by atoms with Crippen LogP contribution in [0, 0.1) is 0 Å². The summed E-state index contributed by atoms with van der Waals surface area (Å²) in [7, 11) is -2.64. The molecule has 10 nitrogen and oxygen atoms in total. The Bertz CT molecular complexity index is 1500. The van der Waals surface area contributed by atoms with Gasteiger partial charge in [-0.2, -0.15) is 0 Å². The number of methoxy groups -OCH3 is 1. The normalized spacial score (nSPS) is 13.1. The fourth-order valence-corrected chi connectivity index (χ4v) is 6.26. The van der Waals surface area contributed by atoms with Gasteiger partial charge in [0.2, 0.25) is 11.8 Å². The molecule has 1 unspecified atom stereocenters. The number of fused-ring (bicyclic) bond motifs is 1. The van der Waals surface area contributed by atoms with Gasteiger partial charge in [0.1, 0.15) is 31.5 Å². The highest BCUT2D eigenvalue weighted by molar-refractivity contribution is 7.92. The Kier molecular flexibility index (Phi) is 10.9. The molecule has 0 aromatic heterocycles. The van der Waals surface area contributed by atoms with E-state index in [4.69, 9.17) is 14.2 Å². The average Bonchev–Trinajstić information content (AvgIpc) is 3.03. The van der Waals surface area contributed by atoms with Gasteiger partial charge in [-0.15, -0.1) is 0 Å². The summed E-state index contributed by atoms with van der Waals surface area (Å²) in [5.74, 6) is 0.667. The summed E-state index contributed by atoms with van der Waals surface area (Å²) < 4.78 is 45.8. The number of unbranched alkanes of at least 4 members (excludes halogenated alkanes) is 1. The van der Waals surface area contributed by atoms with Crippen molar-refractivity contribution in [3.63, 3.8) is 0 Å². The smallest absolute Gasteiger partial charge is 0.264 e. The zero-order valence-electron chi connectivity index (χ0n) is 24.8. The molecular weight excluding hydrogens is 570 g/mol. The van der Waals surface area contributed by atoms with E-state index in [0.717, 1.165) is 22.7 Å². The van der Waals surface area contributed by atoms with E-state index in [2.05, 4.69) is 5.32 Å². The lowest BCUT2D eigenvalue weighted by Gasteiger charge is -2.33. The fourth-order valence-electron chi connectivity index (χ4n) is 4.83. The highest BCUT2D eigenvalue weighted by Crippen LogP contribution is 2.36. The van der Waals surface area contributed by atoms with Crippen LogP contribution in [0.25, 0.3) is 0 Å². The quantitative estimate of drug-likeness (QED) is 0.270. The fraction of sp³-hybridized carbons (Fsp3) is 0.375. The molecule has 0 fully saturated rings. The van der Waals surface area contributed by atoms with Gasteiger partial charge in [-0.3, -0.25) is 13.9 Å². The molecule has 3 aromatic rings. The molecule has 43 heavy (non-hydrogen) atoms. The lowest BCUT2D eigenvalue weighted by molar-refractivity contribution is -0.140. The highest BCUT2D eigenvalue weighted by atomic mass is 32.2. The Balaban J connectivity index is 1.74. The van der Waals surface area contributed by atoms with Crippen LogP contribution in [0.4, 0.5) is 5.69 Å². The molecule has 1 atom stereocenters. The molecule has 1 aliphatic rings. The lowest BCUT2D eigenvalue weighted by Crippen LogP contribution is -2.52. The maximum Gasteiger partial charge on any atom is 0.264 e. The Morgan fingerprint density at radius 1 is 0.953 bits per heavy atom. The minimum absolute atomic E-state index is 0.0291. The van der Waals surface area contributed by atoms with Gasteiger partial charge < -0.3 is 24.4 Å². The minimum atomic E-state index is -4.19. The molecule has 1 aliphatic heterocycles. The average molecular weight is 610 g/mol. The Morgan fingerprint density at radius 2 is 1.70 bits per heavy atom. The number of anilines is 1. The first-order valence-corrected chi connectivity index (χ1v) is 15.9. The number of rotatable bonds is 14. The first-order valence-electron chi connectivity index (χ1n) is 14.5. The van der Waals surface area contributed by atoms with Gasteiger partial charge in [0.25, 0.3) is 10.0 Å². The number of ether oxygens (including phenoxy) is 3. The van der Waals surface area contributed by atoms with E-state index >= 15 is 0 Å². The van der Waals surface area contributed by atoms with E-state index in [1.807, 2.05) is 19.9 Å². The van der Waals surface area contributed by atoms with Crippen LogP contribution < -0.4 is 23.8 Å². The van der Waals surface area contributed by atoms with E-state index in [9.17, 15) is 18.0 Å². The number of amides is 2. The molecule has 230 valence electrons. The summed E-state index contributed by atoms with van der Waals surface area (Å²) in [6.07, 6.45) is 2.05. The summed E-state index contributed by atoms with van der Waals surface area (Å²) in [5, 5.41) is 2.93. The number of carbonyl (C=O) groups is 2. The van der Waals surface area contributed by atoms with Gasteiger partial charge in [0, 0.05) is 19.2 Å². The standard InChI is InChI=1S/C32H39N3O7S/c1-4-6-17-33-32(37)28(5-2)34(22-24-11-10-12-26(20-24)40-3)31(36)23-35(43(38,39)27-13-8-7-9-14-27)25-15-16-29-30(21-25)42-19-18-41-29/h7-16,20-21,28H,4-6,17-19,22-23H2,1-3H3,(H,33,37). The zero-order chi connectivity index (χ0) is 30.8. The first-order chi connectivity index (χ1) is 20.8. The molecule has 3 aromatic carbocycles. The number of nitrogens with zero attached hydrogens (tertiary/aromatic N) is 2. The third kappa shape index (κ3) is 7.78. The van der Waals surface area contributed by atoms with Crippen LogP contribution in [0.1, 0.15) is 38.7 Å². The monoisotopic (exact) mass is 609 g/mol. The number of nitrogens with one attached hydrogen (secondary N) is 1. The number of sulfonamides is 1. The predicted octanol–water partition coefficient (Wildman–Crippen LogP) is 4.39. The molecule has 11 heteroatoms. The van der Waals surface area contributed by atoms with Crippen LogP contribution in [0.5, 0.6) is 17.2 Å². The van der Waals surface area contributed by atoms with Gasteiger partial charge in [0.15, 0.2) is 11.5 Å². The molecule has 0 bridgehead atoms. The summed E-state index contributed by atoms with van der Waals surface area (Å²) >= 11 is 0. The third-order valence-electron chi connectivity index (χ3n) is 7.13. The van der Waals surface area contributed by atoms with E-state index in [1.165, 1.54) is 17.0 Å². The predicted molar refractivity (Wildman–Crippen MR) is 164 cm³/mol. The highest BCUT2D eigenvalue weighted by Gasteiger charge is 2.34. The molecule has 2 amide bonds. The molecule has 0 radical (unpaired) electrons. The number of hydrogen-bond donors (Lipinski definition) is 1. The van der Waals surface area contributed by atoms with Crippen LogP contribution >= 0.6 is 0 Å². The van der Waals surface area contributed by atoms with Crippen molar-refractivity contribution in [3.8, 4) is 17.2 Å². The van der Waals surface area contributed by atoms with Gasteiger partial charge in [-0.25, -0.2) is 8.42 Å². The summed E-state index contributed by atoms with van der Waals surface area (Å²) in [5.41, 5.74) is 0.979. The zero-order valence-corrected chi connectivity index (χ0v) is 25.6. The lowest BCUT2D eigenvalue weighted by atomic mass is 10.1. The second kappa shape index (κ2) is 14.8. The Labute approximate surface area is 253 Å². The molecule has 0 saturated heterocycles. The van der Waals surface area contributed by atoms with Crippen molar-refractivity contribution in [2.45, 2.75) is 50.6 Å². The van der Waals surface area contributed by atoms with E-state index in [0.29, 0.717) is 43.4 Å². The Hall–Kier alpha value is -4.25. The number of carbonyl (C=O) groups excluding carboxylic acids is 2. The van der Waals surface area contributed by atoms with Gasteiger partial charge in [-0.05, 0) is 54.8 Å². The molecule has 1 N–H and O–H groups in total. The molecule has 4 rings (SSSR count). The summed E-state index contributed by atoms with van der Waals surface area (Å²) in [4.78, 5) is 29.1. The first kappa shape index (κ1) is 31.7. The maximum absolute atomic E-state index is 14.2. The second-order valence-electron chi connectivity index (χ2n) is 10.1. The molecular formula is C32H39N3O7S. The summed E-state index contributed by atoms with van der Waals surface area (Å²) in [6, 6.07) is 19.1. The van der Waals surface area contributed by atoms with Crippen LogP contribution in [0.3, 0.4) is 0 Å². The van der Waals surface area contributed by atoms with E-state index < -0.39 is 28.5 Å². The van der Waals surface area contributed by atoms with Gasteiger partial charge in [-0.1, -0.05) is 50.6 Å². The maximum atomic E-state index is 14.2. The van der Waals surface area contributed by atoms with Crippen molar-refractivity contribution >= 4 is 27.5 Å². The molecule has 0 spiro atoms. The second-order valence-corrected chi connectivity index (χ2v) is 12.0. The van der Waals surface area contributed by atoms with E-state index in [-0.39, 0.29) is 23.0 Å². The minimum Gasteiger partial charge on any atom is -0.497 e. The third-order valence-corrected chi connectivity index (χ3v) is 8.91. The van der Waals surface area contributed by atoms with Crippen molar-refractivity contribution in [1.29, 1.82) is 0 Å². The largest absolute Gasteiger partial charge is 0.497 e. The topological polar surface area (TPSA) is 114 Å². The van der Waals surface area contributed by atoms with Crippen LogP contribution in [0.15, 0.2) is 77.7 Å². The molecule has 1 heterocycles. The SMILES string of the molecule is CCCCNC(=O)C(CC)N(Cc1cccc(OC)c1)C(=O)CN(c1ccc2c(c1)OCCO2)S(=O)(=O)c1ccccc1. The van der Waals surface area contributed by atoms with Crippen LogP contribution in [0.2, 0.25) is 0 Å². The van der Waals surface area contributed by atoms with Crippen molar-refractivity contribution < 1.29 is 32.2 Å².